The van der Waals surface area contributed by atoms with Crippen LogP contribution in [-0.2, 0) is 11.3 Å². The van der Waals surface area contributed by atoms with Crippen LogP contribution in [0.15, 0.2) is 9.70 Å². The number of nitrogens with zero attached hydrogens (tertiary/aromatic N) is 4. The van der Waals surface area contributed by atoms with Crippen molar-refractivity contribution in [3.05, 3.63) is 31.9 Å². The molecular formula is C24H32N4O2S2. The summed E-state index contributed by atoms with van der Waals surface area (Å²) in [4.78, 5) is 30.8. The molecule has 0 aromatic carbocycles. The van der Waals surface area contributed by atoms with Gasteiger partial charge in [0.1, 0.15) is 21.8 Å². The average Bonchev–Trinajstić information content (AvgIpc) is 2.95. The lowest BCUT2D eigenvalue weighted by Gasteiger charge is -2.29. The fraction of sp³-hybridized carbons (Fsp3) is 0.583. The lowest BCUT2D eigenvalue weighted by atomic mass is 10.0. The monoisotopic (exact) mass is 472 g/mol. The quantitative estimate of drug-likeness (QED) is 0.322. The Hall–Kier alpha value is -2.11. The zero-order valence-corrected chi connectivity index (χ0v) is 20.9. The number of unbranched alkanes of at least 4 members (excludes halogenated alkanes) is 2. The molecule has 0 radical (unpaired) electrons. The average molecular weight is 473 g/mol. The van der Waals surface area contributed by atoms with Gasteiger partial charge in [0.25, 0.3) is 11.5 Å². The molecule has 2 fully saturated rings. The summed E-state index contributed by atoms with van der Waals surface area (Å²) in [5.41, 5.74) is 1.32. The molecule has 8 heteroatoms. The summed E-state index contributed by atoms with van der Waals surface area (Å²) in [7, 11) is 0. The molecule has 1 aromatic rings. The second kappa shape index (κ2) is 11.2. The minimum atomic E-state index is -0.254. The molecule has 0 unspecified atom stereocenters. The lowest BCUT2D eigenvalue weighted by Crippen LogP contribution is -2.35. The van der Waals surface area contributed by atoms with Crippen molar-refractivity contribution in [1.82, 2.24) is 9.47 Å². The minimum absolute atomic E-state index is 0.0786. The van der Waals surface area contributed by atoms with Gasteiger partial charge in [-0.1, -0.05) is 56.6 Å². The predicted octanol–water partition coefficient (Wildman–Crippen LogP) is 4.82. The Morgan fingerprint density at radius 3 is 2.41 bits per heavy atom. The molecule has 3 heterocycles. The van der Waals surface area contributed by atoms with E-state index in [1.165, 1.54) is 24.6 Å². The highest BCUT2D eigenvalue weighted by Crippen LogP contribution is 2.36. The van der Waals surface area contributed by atoms with Crippen LogP contribution in [0.25, 0.3) is 6.08 Å². The van der Waals surface area contributed by atoms with Crippen molar-refractivity contribution in [2.45, 2.75) is 72.3 Å². The molecule has 2 aliphatic heterocycles. The first-order chi connectivity index (χ1) is 15.4. The maximum Gasteiger partial charge on any atom is 0.270 e. The van der Waals surface area contributed by atoms with Crippen LogP contribution in [0, 0.1) is 18.3 Å². The number of hydrogen-bond donors (Lipinski definition) is 0. The standard InChI is InChI=1S/C24H32N4O2S2/c1-4-6-9-14-28-23(30)20(32-24(28)31)15-18-17(3)19(16-25)22(29)27(5-2)21(18)26-12-10-7-8-11-13-26/h15H,4-14H2,1-3H3. The van der Waals surface area contributed by atoms with E-state index in [1.54, 1.807) is 9.47 Å². The van der Waals surface area contributed by atoms with E-state index in [2.05, 4.69) is 17.9 Å². The van der Waals surface area contributed by atoms with Gasteiger partial charge in [-0.2, -0.15) is 5.26 Å². The van der Waals surface area contributed by atoms with Crippen LogP contribution in [0.2, 0.25) is 0 Å². The molecule has 0 bridgehead atoms. The number of amides is 1. The van der Waals surface area contributed by atoms with Gasteiger partial charge in [0.2, 0.25) is 0 Å². The van der Waals surface area contributed by atoms with E-state index in [4.69, 9.17) is 12.2 Å². The number of nitriles is 1. The second-order valence-electron chi connectivity index (χ2n) is 8.34. The number of rotatable bonds is 7. The van der Waals surface area contributed by atoms with Gasteiger partial charge in [0, 0.05) is 31.7 Å². The van der Waals surface area contributed by atoms with Gasteiger partial charge in [-0.15, -0.1) is 0 Å². The molecule has 2 aliphatic rings. The fourth-order valence-electron chi connectivity index (χ4n) is 4.40. The zero-order valence-electron chi connectivity index (χ0n) is 19.3. The Labute approximate surface area is 200 Å². The Morgan fingerprint density at radius 1 is 1.12 bits per heavy atom. The molecular weight excluding hydrogens is 440 g/mol. The van der Waals surface area contributed by atoms with Crippen LogP contribution in [0.3, 0.4) is 0 Å². The zero-order chi connectivity index (χ0) is 23.3. The van der Waals surface area contributed by atoms with E-state index in [0.717, 1.165) is 56.6 Å². The van der Waals surface area contributed by atoms with Gasteiger partial charge in [0.05, 0.1) is 4.91 Å². The van der Waals surface area contributed by atoms with Crippen molar-refractivity contribution in [2.24, 2.45) is 0 Å². The summed E-state index contributed by atoms with van der Waals surface area (Å²) < 4.78 is 2.28. The van der Waals surface area contributed by atoms with Crippen molar-refractivity contribution in [3.63, 3.8) is 0 Å². The van der Waals surface area contributed by atoms with Crippen LogP contribution < -0.4 is 10.5 Å². The highest BCUT2D eigenvalue weighted by atomic mass is 32.2. The first-order valence-electron chi connectivity index (χ1n) is 11.6. The van der Waals surface area contributed by atoms with Crippen LogP contribution >= 0.6 is 24.0 Å². The lowest BCUT2D eigenvalue weighted by molar-refractivity contribution is -0.122. The number of hydrogen-bond acceptors (Lipinski definition) is 6. The molecule has 0 spiro atoms. The fourth-order valence-corrected chi connectivity index (χ4v) is 5.69. The smallest absolute Gasteiger partial charge is 0.270 e. The van der Waals surface area contributed by atoms with Crippen LogP contribution in [0.5, 0.6) is 0 Å². The van der Waals surface area contributed by atoms with Gasteiger partial charge in [0.15, 0.2) is 0 Å². The molecule has 0 aliphatic carbocycles. The minimum Gasteiger partial charge on any atom is -0.357 e. The number of anilines is 1. The van der Waals surface area contributed by atoms with Crippen molar-refractivity contribution in [2.75, 3.05) is 24.5 Å². The highest BCUT2D eigenvalue weighted by Gasteiger charge is 2.33. The number of pyridine rings is 1. The third kappa shape index (κ3) is 4.94. The maximum absolute atomic E-state index is 13.1. The van der Waals surface area contributed by atoms with Crippen LogP contribution in [-0.4, -0.2) is 39.3 Å². The van der Waals surface area contributed by atoms with E-state index < -0.39 is 0 Å². The molecule has 3 rings (SSSR count). The van der Waals surface area contributed by atoms with Gasteiger partial charge in [-0.25, -0.2) is 0 Å². The van der Waals surface area contributed by atoms with Crippen molar-refractivity contribution in [1.29, 1.82) is 5.26 Å². The van der Waals surface area contributed by atoms with Gasteiger partial charge in [-0.05, 0) is 44.7 Å². The summed E-state index contributed by atoms with van der Waals surface area (Å²) in [6.07, 6.45) is 9.40. The summed E-state index contributed by atoms with van der Waals surface area (Å²) in [5, 5.41) is 9.71. The molecule has 32 heavy (non-hydrogen) atoms. The molecule has 6 nitrogen and oxygen atoms in total. The number of carbonyl (C=O) groups excluding carboxylic acids is 1. The first kappa shape index (κ1) is 24.5. The predicted molar refractivity (Wildman–Crippen MR) is 136 cm³/mol. The Bertz CT molecular complexity index is 1010. The van der Waals surface area contributed by atoms with Crippen molar-refractivity contribution >= 4 is 46.1 Å². The van der Waals surface area contributed by atoms with Gasteiger partial charge in [-0.3, -0.25) is 19.1 Å². The molecule has 0 atom stereocenters. The van der Waals surface area contributed by atoms with E-state index in [1.807, 2.05) is 19.9 Å². The molecule has 2 saturated heterocycles. The number of aromatic nitrogens is 1. The third-order valence-electron chi connectivity index (χ3n) is 6.20. The second-order valence-corrected chi connectivity index (χ2v) is 10.0. The van der Waals surface area contributed by atoms with Crippen LogP contribution in [0.1, 0.15) is 75.5 Å². The topological polar surface area (TPSA) is 69.3 Å². The normalized spacial score (nSPS) is 18.4. The summed E-state index contributed by atoms with van der Waals surface area (Å²) in [5.74, 6) is 0.747. The molecule has 0 saturated carbocycles. The van der Waals surface area contributed by atoms with E-state index in [0.29, 0.717) is 27.9 Å². The first-order valence-corrected chi connectivity index (χ1v) is 12.8. The third-order valence-corrected chi connectivity index (χ3v) is 7.58. The number of carbonyl (C=O) groups is 1. The van der Waals surface area contributed by atoms with Gasteiger partial charge >= 0.3 is 0 Å². The van der Waals surface area contributed by atoms with E-state index in [-0.39, 0.29) is 17.0 Å². The van der Waals surface area contributed by atoms with Gasteiger partial charge < -0.3 is 4.90 Å². The van der Waals surface area contributed by atoms with Crippen LogP contribution in [0.4, 0.5) is 5.82 Å². The largest absolute Gasteiger partial charge is 0.357 e. The summed E-state index contributed by atoms with van der Waals surface area (Å²) in [6.45, 7) is 8.70. The highest BCUT2D eigenvalue weighted by molar-refractivity contribution is 8.26. The maximum atomic E-state index is 13.1. The summed E-state index contributed by atoms with van der Waals surface area (Å²) >= 11 is 6.81. The molecule has 172 valence electrons. The van der Waals surface area contributed by atoms with Crippen molar-refractivity contribution in [3.8, 4) is 6.07 Å². The number of thiocarbonyl (C=S) groups is 1. The Kier molecular flexibility index (Phi) is 8.55. The van der Waals surface area contributed by atoms with E-state index in [9.17, 15) is 14.9 Å². The molecule has 0 N–H and O–H groups in total. The summed E-state index contributed by atoms with van der Waals surface area (Å²) in [6, 6.07) is 2.10. The molecule has 1 amide bonds. The SMILES string of the molecule is CCCCCN1C(=O)C(=Cc2c(C)c(C#N)c(=O)n(CC)c2N2CCCCCC2)SC1=S. The number of thioether (sulfide) groups is 1. The molecule has 1 aromatic heterocycles. The van der Waals surface area contributed by atoms with E-state index >= 15 is 0 Å². The van der Waals surface area contributed by atoms with Crippen molar-refractivity contribution < 1.29 is 4.79 Å². The Morgan fingerprint density at radius 2 is 1.81 bits per heavy atom. The Balaban J connectivity index is 2.12.